The average molecular weight is 261 g/mol. The number of pyridine rings is 1. The maximum absolute atomic E-state index is 12.4. The number of hydrogen-bond donors (Lipinski definition) is 0. The van der Waals surface area contributed by atoms with Crippen molar-refractivity contribution >= 4 is 0 Å². The Morgan fingerprint density at radius 3 is 2.22 bits per heavy atom. The van der Waals surface area contributed by atoms with Gasteiger partial charge in [0.25, 0.3) is 0 Å². The van der Waals surface area contributed by atoms with Gasteiger partial charge in [-0.3, -0.25) is 0 Å². The third-order valence-corrected chi connectivity index (χ3v) is 2.44. The largest absolute Gasteiger partial charge is 0.492 e. The molecule has 0 unspecified atom stereocenters. The van der Waals surface area contributed by atoms with Crippen molar-refractivity contribution in [3.63, 3.8) is 0 Å². The number of halogens is 3. The standard InChI is InChI=1S/C13H18F3NO/c1-9-10(18-8-7-12(2,3)4)5-6-11(17-9)13(14,15)16/h5-6H,7-8H2,1-4H3. The summed E-state index contributed by atoms with van der Waals surface area (Å²) >= 11 is 0. The Bertz CT molecular complexity index is 408. The maximum atomic E-state index is 12.4. The van der Waals surface area contributed by atoms with Gasteiger partial charge in [-0.15, -0.1) is 0 Å². The summed E-state index contributed by atoms with van der Waals surface area (Å²) in [4.78, 5) is 3.51. The highest BCUT2D eigenvalue weighted by atomic mass is 19.4. The van der Waals surface area contributed by atoms with Gasteiger partial charge in [-0.2, -0.15) is 13.2 Å². The number of ether oxygens (including phenoxy) is 1. The quantitative estimate of drug-likeness (QED) is 0.812. The molecule has 1 aromatic heterocycles. The second-order valence-electron chi connectivity index (χ2n) is 5.44. The summed E-state index contributed by atoms with van der Waals surface area (Å²) in [7, 11) is 0. The highest BCUT2D eigenvalue weighted by Crippen LogP contribution is 2.30. The number of alkyl halides is 3. The highest BCUT2D eigenvalue weighted by molar-refractivity contribution is 5.29. The second kappa shape index (κ2) is 5.16. The van der Waals surface area contributed by atoms with Crippen LogP contribution in [0.2, 0.25) is 0 Å². The zero-order chi connectivity index (χ0) is 14.0. The van der Waals surface area contributed by atoms with E-state index in [1.807, 2.05) is 0 Å². The molecule has 0 N–H and O–H groups in total. The summed E-state index contributed by atoms with van der Waals surface area (Å²) in [6.45, 7) is 8.22. The van der Waals surface area contributed by atoms with E-state index in [1.54, 1.807) is 0 Å². The van der Waals surface area contributed by atoms with Crippen LogP contribution in [0.4, 0.5) is 13.2 Å². The van der Waals surface area contributed by atoms with E-state index >= 15 is 0 Å². The van der Waals surface area contributed by atoms with E-state index in [9.17, 15) is 13.2 Å². The van der Waals surface area contributed by atoms with Crippen molar-refractivity contribution in [1.29, 1.82) is 0 Å². The average Bonchev–Trinajstić information content (AvgIpc) is 2.17. The molecule has 0 aliphatic heterocycles. The number of rotatable bonds is 3. The molecule has 0 saturated carbocycles. The highest BCUT2D eigenvalue weighted by Gasteiger charge is 2.32. The number of aryl methyl sites for hydroxylation is 1. The van der Waals surface area contributed by atoms with Gasteiger partial charge in [-0.1, -0.05) is 20.8 Å². The molecule has 102 valence electrons. The van der Waals surface area contributed by atoms with E-state index in [4.69, 9.17) is 4.74 Å². The van der Waals surface area contributed by atoms with E-state index in [0.29, 0.717) is 12.4 Å². The summed E-state index contributed by atoms with van der Waals surface area (Å²) in [5.74, 6) is 0.409. The van der Waals surface area contributed by atoms with Crippen LogP contribution < -0.4 is 4.74 Å². The van der Waals surface area contributed by atoms with Gasteiger partial charge < -0.3 is 4.74 Å². The summed E-state index contributed by atoms with van der Waals surface area (Å²) < 4.78 is 42.7. The first kappa shape index (κ1) is 14.8. The van der Waals surface area contributed by atoms with Gasteiger partial charge in [0.2, 0.25) is 0 Å². The van der Waals surface area contributed by atoms with Crippen molar-refractivity contribution in [3.05, 3.63) is 23.5 Å². The Kier molecular flexibility index (Phi) is 4.24. The minimum Gasteiger partial charge on any atom is -0.492 e. The van der Waals surface area contributed by atoms with Crippen LogP contribution >= 0.6 is 0 Å². The van der Waals surface area contributed by atoms with Crippen LogP contribution in [0.5, 0.6) is 5.75 Å². The maximum Gasteiger partial charge on any atom is 0.433 e. The first-order valence-corrected chi connectivity index (χ1v) is 5.77. The normalized spacial score (nSPS) is 12.6. The van der Waals surface area contributed by atoms with Gasteiger partial charge in [0.1, 0.15) is 11.4 Å². The van der Waals surface area contributed by atoms with Crippen molar-refractivity contribution < 1.29 is 17.9 Å². The van der Waals surface area contributed by atoms with Crippen molar-refractivity contribution in [2.24, 2.45) is 5.41 Å². The fraction of sp³-hybridized carbons (Fsp3) is 0.615. The molecule has 1 aromatic rings. The molecule has 2 nitrogen and oxygen atoms in total. The monoisotopic (exact) mass is 261 g/mol. The smallest absolute Gasteiger partial charge is 0.433 e. The summed E-state index contributed by atoms with van der Waals surface area (Å²) in [5.41, 5.74) is -0.491. The molecule has 0 spiro atoms. The third-order valence-electron chi connectivity index (χ3n) is 2.44. The number of aromatic nitrogens is 1. The van der Waals surface area contributed by atoms with Gasteiger partial charge >= 0.3 is 6.18 Å². The minimum atomic E-state index is -4.41. The lowest BCUT2D eigenvalue weighted by Gasteiger charge is -2.18. The Hall–Kier alpha value is -1.26. The van der Waals surface area contributed by atoms with E-state index in [1.165, 1.54) is 13.0 Å². The molecule has 0 fully saturated rings. The molecule has 0 saturated heterocycles. The van der Waals surface area contributed by atoms with E-state index < -0.39 is 11.9 Å². The SMILES string of the molecule is Cc1nc(C(F)(F)F)ccc1OCCC(C)(C)C. The Morgan fingerprint density at radius 2 is 1.78 bits per heavy atom. The fourth-order valence-corrected chi connectivity index (χ4v) is 1.33. The predicted octanol–water partition coefficient (Wildman–Crippen LogP) is 4.22. The number of nitrogens with zero attached hydrogens (tertiary/aromatic N) is 1. The Balaban J connectivity index is 2.69. The topological polar surface area (TPSA) is 22.1 Å². The van der Waals surface area contributed by atoms with E-state index in [2.05, 4.69) is 25.8 Å². The van der Waals surface area contributed by atoms with E-state index in [0.717, 1.165) is 12.5 Å². The molecule has 0 aromatic carbocycles. The molecule has 0 atom stereocenters. The molecule has 0 aliphatic rings. The van der Waals surface area contributed by atoms with Crippen LogP contribution in [0, 0.1) is 12.3 Å². The molecule has 0 amide bonds. The third kappa shape index (κ3) is 4.55. The molecular weight excluding hydrogens is 243 g/mol. The summed E-state index contributed by atoms with van der Waals surface area (Å²) in [5, 5.41) is 0. The first-order chi connectivity index (χ1) is 8.09. The van der Waals surface area contributed by atoms with Crippen molar-refractivity contribution in [1.82, 2.24) is 4.98 Å². The predicted molar refractivity (Wildman–Crippen MR) is 63.5 cm³/mol. The molecule has 5 heteroatoms. The molecule has 0 aliphatic carbocycles. The summed E-state index contributed by atoms with van der Waals surface area (Å²) in [6.07, 6.45) is -3.58. The molecule has 1 heterocycles. The van der Waals surface area contributed by atoms with Crippen molar-refractivity contribution in [2.75, 3.05) is 6.61 Å². The van der Waals surface area contributed by atoms with Crippen LogP contribution in [-0.2, 0) is 6.18 Å². The van der Waals surface area contributed by atoms with E-state index in [-0.39, 0.29) is 11.1 Å². The lowest BCUT2D eigenvalue weighted by Crippen LogP contribution is -2.13. The van der Waals surface area contributed by atoms with Gasteiger partial charge in [0.15, 0.2) is 0 Å². The summed E-state index contributed by atoms with van der Waals surface area (Å²) in [6, 6.07) is 2.27. The van der Waals surface area contributed by atoms with Gasteiger partial charge in [0, 0.05) is 0 Å². The Morgan fingerprint density at radius 1 is 1.17 bits per heavy atom. The molecule has 1 rings (SSSR count). The van der Waals surface area contributed by atoms with Crippen LogP contribution in [-0.4, -0.2) is 11.6 Å². The van der Waals surface area contributed by atoms with Crippen LogP contribution in [0.3, 0.4) is 0 Å². The first-order valence-electron chi connectivity index (χ1n) is 5.77. The molecular formula is C13H18F3NO. The van der Waals surface area contributed by atoms with Crippen LogP contribution in [0.25, 0.3) is 0 Å². The lowest BCUT2D eigenvalue weighted by molar-refractivity contribution is -0.141. The Labute approximate surface area is 105 Å². The van der Waals surface area contributed by atoms with Crippen molar-refractivity contribution in [2.45, 2.75) is 40.3 Å². The molecule has 0 bridgehead atoms. The van der Waals surface area contributed by atoms with Gasteiger partial charge in [0.05, 0.1) is 12.3 Å². The second-order valence-corrected chi connectivity index (χ2v) is 5.44. The molecule has 18 heavy (non-hydrogen) atoms. The minimum absolute atomic E-state index is 0.132. The lowest BCUT2D eigenvalue weighted by atomic mass is 9.93. The number of hydrogen-bond acceptors (Lipinski definition) is 2. The fourth-order valence-electron chi connectivity index (χ4n) is 1.33. The van der Waals surface area contributed by atoms with Crippen LogP contribution in [0.1, 0.15) is 38.6 Å². The van der Waals surface area contributed by atoms with Crippen LogP contribution in [0.15, 0.2) is 12.1 Å². The zero-order valence-corrected chi connectivity index (χ0v) is 11.1. The van der Waals surface area contributed by atoms with Gasteiger partial charge in [-0.05, 0) is 30.9 Å². The van der Waals surface area contributed by atoms with Gasteiger partial charge in [-0.25, -0.2) is 4.98 Å². The zero-order valence-electron chi connectivity index (χ0n) is 11.1. The molecule has 0 radical (unpaired) electrons. The van der Waals surface area contributed by atoms with Crippen molar-refractivity contribution in [3.8, 4) is 5.75 Å².